The largest absolute Gasteiger partial charge is 0.385 e. The fraction of sp³-hybridized carbons (Fsp3) is 0.667. The number of nitrogens with zero attached hydrogens (tertiary/aromatic N) is 3. The van der Waals surface area contributed by atoms with Crippen molar-refractivity contribution in [2.75, 3.05) is 26.0 Å². The molecule has 1 aliphatic rings. The summed E-state index contributed by atoms with van der Waals surface area (Å²) in [7, 11) is 1.71. The Kier molecular flexibility index (Phi) is 6.45. The number of carbonyl (C=O) groups is 1. The number of hydrogen-bond acceptors (Lipinski definition) is 5. The first kappa shape index (κ1) is 16.2. The Morgan fingerprint density at radius 2 is 2.38 bits per heavy atom. The standard InChI is InChI=1S/C15H23N3O2S/c1-12-6-8-16-15(17-12)21-11-14(19)18-9-4-3-5-13(18)7-10-20-2/h6,8,13H,3-5,7,9-11H2,1-2H3/t13-/m1/s1. The van der Waals surface area contributed by atoms with E-state index in [0.717, 1.165) is 31.5 Å². The molecule has 1 aliphatic heterocycles. The van der Waals surface area contributed by atoms with E-state index in [0.29, 0.717) is 23.6 Å². The van der Waals surface area contributed by atoms with Gasteiger partial charge >= 0.3 is 0 Å². The average molecular weight is 309 g/mol. The van der Waals surface area contributed by atoms with E-state index in [9.17, 15) is 4.79 Å². The number of ether oxygens (including phenoxy) is 1. The summed E-state index contributed by atoms with van der Waals surface area (Å²) in [5.74, 6) is 0.596. The zero-order chi connectivity index (χ0) is 15.1. The minimum Gasteiger partial charge on any atom is -0.385 e. The average Bonchev–Trinajstić information content (AvgIpc) is 2.51. The summed E-state index contributed by atoms with van der Waals surface area (Å²) < 4.78 is 5.15. The van der Waals surface area contributed by atoms with Crippen LogP contribution in [0.1, 0.15) is 31.4 Å². The molecule has 1 aromatic rings. The third-order valence-electron chi connectivity index (χ3n) is 3.70. The normalized spacial score (nSPS) is 18.8. The van der Waals surface area contributed by atoms with Crippen LogP contribution >= 0.6 is 11.8 Å². The monoisotopic (exact) mass is 309 g/mol. The third kappa shape index (κ3) is 4.97. The molecule has 1 fully saturated rings. The van der Waals surface area contributed by atoms with Crippen molar-refractivity contribution in [2.45, 2.75) is 43.8 Å². The van der Waals surface area contributed by atoms with Crippen LogP contribution in [-0.4, -0.2) is 52.8 Å². The van der Waals surface area contributed by atoms with Crippen molar-refractivity contribution in [2.24, 2.45) is 0 Å². The molecular weight excluding hydrogens is 286 g/mol. The maximum Gasteiger partial charge on any atom is 0.233 e. The van der Waals surface area contributed by atoms with Crippen LogP contribution in [0.5, 0.6) is 0 Å². The minimum atomic E-state index is 0.186. The molecule has 1 amide bonds. The highest BCUT2D eigenvalue weighted by molar-refractivity contribution is 7.99. The van der Waals surface area contributed by atoms with Gasteiger partial charge in [-0.25, -0.2) is 9.97 Å². The molecule has 2 rings (SSSR count). The van der Waals surface area contributed by atoms with Gasteiger partial charge in [-0.3, -0.25) is 4.79 Å². The van der Waals surface area contributed by atoms with E-state index in [2.05, 4.69) is 9.97 Å². The van der Waals surface area contributed by atoms with Crippen molar-refractivity contribution in [3.05, 3.63) is 18.0 Å². The van der Waals surface area contributed by atoms with E-state index in [1.807, 2.05) is 17.9 Å². The van der Waals surface area contributed by atoms with Crippen molar-refractivity contribution in [3.63, 3.8) is 0 Å². The first-order chi connectivity index (χ1) is 10.2. The Hall–Kier alpha value is -1.14. The van der Waals surface area contributed by atoms with Gasteiger partial charge in [0.2, 0.25) is 5.91 Å². The fourth-order valence-electron chi connectivity index (χ4n) is 2.59. The molecule has 5 nitrogen and oxygen atoms in total. The van der Waals surface area contributed by atoms with Gasteiger partial charge < -0.3 is 9.64 Å². The molecule has 6 heteroatoms. The predicted molar refractivity (Wildman–Crippen MR) is 83.3 cm³/mol. The van der Waals surface area contributed by atoms with Crippen molar-refractivity contribution in [1.82, 2.24) is 14.9 Å². The van der Waals surface area contributed by atoms with Crippen molar-refractivity contribution < 1.29 is 9.53 Å². The van der Waals surface area contributed by atoms with Gasteiger partial charge in [-0.05, 0) is 38.7 Å². The summed E-state index contributed by atoms with van der Waals surface area (Å²) >= 11 is 1.42. The molecule has 116 valence electrons. The summed E-state index contributed by atoms with van der Waals surface area (Å²) in [6.07, 6.45) is 6.04. The molecule has 0 N–H and O–H groups in total. The van der Waals surface area contributed by atoms with Crippen LogP contribution in [0.3, 0.4) is 0 Å². The van der Waals surface area contributed by atoms with Crippen LogP contribution in [0.15, 0.2) is 17.4 Å². The number of amides is 1. The molecule has 0 aromatic carbocycles. The predicted octanol–water partition coefficient (Wildman–Crippen LogP) is 2.29. The van der Waals surface area contributed by atoms with Gasteiger partial charge in [0.15, 0.2) is 5.16 Å². The van der Waals surface area contributed by atoms with E-state index < -0.39 is 0 Å². The number of piperidine rings is 1. The number of aryl methyl sites for hydroxylation is 1. The molecule has 0 saturated carbocycles. The van der Waals surface area contributed by atoms with Crippen LogP contribution in [0.25, 0.3) is 0 Å². The number of carbonyl (C=O) groups excluding carboxylic acids is 1. The first-order valence-corrected chi connectivity index (χ1v) is 8.40. The highest BCUT2D eigenvalue weighted by Crippen LogP contribution is 2.22. The molecule has 1 saturated heterocycles. The van der Waals surface area contributed by atoms with E-state index in [1.165, 1.54) is 18.2 Å². The molecule has 0 bridgehead atoms. The zero-order valence-electron chi connectivity index (χ0n) is 12.7. The Morgan fingerprint density at radius 3 is 3.14 bits per heavy atom. The molecule has 1 atom stereocenters. The lowest BCUT2D eigenvalue weighted by Gasteiger charge is -2.35. The van der Waals surface area contributed by atoms with E-state index in [4.69, 9.17) is 4.74 Å². The van der Waals surface area contributed by atoms with Crippen LogP contribution in [-0.2, 0) is 9.53 Å². The van der Waals surface area contributed by atoms with Crippen molar-refractivity contribution in [3.8, 4) is 0 Å². The second-order valence-corrected chi connectivity index (χ2v) is 6.23. The maximum absolute atomic E-state index is 12.4. The summed E-state index contributed by atoms with van der Waals surface area (Å²) in [4.78, 5) is 23.0. The number of thioether (sulfide) groups is 1. The van der Waals surface area contributed by atoms with Gasteiger partial charge in [0.25, 0.3) is 0 Å². The molecule has 0 aliphatic carbocycles. The summed E-state index contributed by atoms with van der Waals surface area (Å²) in [6, 6.07) is 2.18. The van der Waals surface area contributed by atoms with Crippen molar-refractivity contribution in [1.29, 1.82) is 0 Å². The molecule has 2 heterocycles. The van der Waals surface area contributed by atoms with E-state index >= 15 is 0 Å². The second-order valence-electron chi connectivity index (χ2n) is 5.29. The maximum atomic E-state index is 12.4. The number of aromatic nitrogens is 2. The number of likely N-dealkylation sites (tertiary alicyclic amines) is 1. The number of hydrogen-bond donors (Lipinski definition) is 0. The quantitative estimate of drug-likeness (QED) is 0.596. The lowest BCUT2D eigenvalue weighted by molar-refractivity contribution is -0.132. The molecule has 21 heavy (non-hydrogen) atoms. The summed E-state index contributed by atoms with van der Waals surface area (Å²) in [5, 5.41) is 0.675. The second kappa shape index (κ2) is 8.34. The van der Waals surface area contributed by atoms with Gasteiger partial charge in [-0.15, -0.1) is 0 Å². The smallest absolute Gasteiger partial charge is 0.233 e. The van der Waals surface area contributed by atoms with Gasteiger partial charge in [0, 0.05) is 38.2 Å². The van der Waals surface area contributed by atoms with Gasteiger partial charge in [-0.2, -0.15) is 0 Å². The molecule has 0 radical (unpaired) electrons. The van der Waals surface area contributed by atoms with Crippen LogP contribution in [0, 0.1) is 6.92 Å². The molecule has 0 unspecified atom stereocenters. The number of methoxy groups -OCH3 is 1. The highest BCUT2D eigenvalue weighted by atomic mass is 32.2. The Labute approximate surface area is 130 Å². The Balaban J connectivity index is 1.88. The Bertz CT molecular complexity index is 470. The van der Waals surface area contributed by atoms with Crippen molar-refractivity contribution >= 4 is 17.7 Å². The van der Waals surface area contributed by atoms with Gasteiger partial charge in [-0.1, -0.05) is 11.8 Å². The first-order valence-electron chi connectivity index (χ1n) is 7.41. The van der Waals surface area contributed by atoms with E-state index in [-0.39, 0.29) is 5.91 Å². The van der Waals surface area contributed by atoms with Gasteiger partial charge in [0.1, 0.15) is 0 Å². The van der Waals surface area contributed by atoms with Crippen LogP contribution in [0.2, 0.25) is 0 Å². The zero-order valence-corrected chi connectivity index (χ0v) is 13.6. The van der Waals surface area contributed by atoms with Gasteiger partial charge in [0.05, 0.1) is 5.75 Å². The third-order valence-corrected chi connectivity index (χ3v) is 4.55. The lowest BCUT2D eigenvalue weighted by Crippen LogP contribution is -2.45. The van der Waals surface area contributed by atoms with E-state index in [1.54, 1.807) is 13.3 Å². The fourth-order valence-corrected chi connectivity index (χ4v) is 3.35. The summed E-state index contributed by atoms with van der Waals surface area (Å²) in [6.45, 7) is 3.50. The SMILES string of the molecule is COCC[C@H]1CCCCN1C(=O)CSc1nccc(C)n1. The molecular formula is C15H23N3O2S. The lowest BCUT2D eigenvalue weighted by atomic mass is 10.00. The summed E-state index contributed by atoms with van der Waals surface area (Å²) in [5.41, 5.74) is 0.927. The molecule has 1 aromatic heterocycles. The topological polar surface area (TPSA) is 55.3 Å². The molecule has 0 spiro atoms. The van der Waals surface area contributed by atoms with Crippen LogP contribution < -0.4 is 0 Å². The minimum absolute atomic E-state index is 0.186. The van der Waals surface area contributed by atoms with Crippen LogP contribution in [0.4, 0.5) is 0 Å². The highest BCUT2D eigenvalue weighted by Gasteiger charge is 2.26. The Morgan fingerprint density at radius 1 is 1.52 bits per heavy atom. The number of rotatable bonds is 6.